The van der Waals surface area contributed by atoms with Crippen LogP contribution in [0.5, 0.6) is 0 Å². The molecule has 1 aliphatic carbocycles. The topological polar surface area (TPSA) is 363 Å². The number of benzene rings is 1. The first-order valence-corrected chi connectivity index (χ1v) is 25.0. The summed E-state index contributed by atoms with van der Waals surface area (Å²) >= 11 is 0. The monoisotopic (exact) mass is 1070 g/mol. The van der Waals surface area contributed by atoms with Gasteiger partial charge in [0.1, 0.15) is 59.2 Å². The van der Waals surface area contributed by atoms with E-state index in [-0.39, 0.29) is 50.4 Å². The zero-order valence-corrected chi connectivity index (χ0v) is 44.8. The molecule has 5 amide bonds. The number of nitrogens with two attached hydrogens (primary N) is 1. The molecule has 0 spiro atoms. The number of aliphatic hydroxyl groups excluding tert-OH is 3. The second-order valence-electron chi connectivity index (χ2n) is 22.1. The van der Waals surface area contributed by atoms with Gasteiger partial charge >= 0.3 is 24.4 Å². The second kappa shape index (κ2) is 26.4. The highest BCUT2D eigenvalue weighted by Gasteiger charge is 2.56. The van der Waals surface area contributed by atoms with Crippen LogP contribution in [0.4, 0.5) is 24.9 Å². The average molecular weight is 1070 g/mol. The van der Waals surface area contributed by atoms with Crippen LogP contribution in [0.25, 0.3) is 0 Å². The van der Waals surface area contributed by atoms with Crippen LogP contribution >= 0.6 is 0 Å². The second-order valence-corrected chi connectivity index (χ2v) is 22.1. The van der Waals surface area contributed by atoms with Crippen LogP contribution in [0.2, 0.25) is 0 Å². The third-order valence-corrected chi connectivity index (χ3v) is 12.1. The Morgan fingerprint density at radius 2 is 1.51 bits per heavy atom. The van der Waals surface area contributed by atoms with Crippen molar-refractivity contribution in [2.24, 2.45) is 11.7 Å². The van der Waals surface area contributed by atoms with Gasteiger partial charge in [-0.2, -0.15) is 0 Å². The van der Waals surface area contributed by atoms with Gasteiger partial charge in [0.05, 0.1) is 36.3 Å². The van der Waals surface area contributed by atoms with E-state index in [0.29, 0.717) is 25.1 Å². The Bertz CT molecular complexity index is 2130. The molecule has 0 bridgehead atoms. The Balaban J connectivity index is 1.72. The number of nitro benzene ring substituents is 1. The molecule has 75 heavy (non-hydrogen) atoms. The van der Waals surface area contributed by atoms with Gasteiger partial charge in [-0.05, 0) is 132 Å². The predicted octanol–water partition coefficient (Wildman–Crippen LogP) is 1.92. The van der Waals surface area contributed by atoms with Crippen molar-refractivity contribution in [1.29, 1.82) is 0 Å². The minimum Gasteiger partial charge on any atom is -0.491 e. The van der Waals surface area contributed by atoms with Crippen LogP contribution in [-0.2, 0) is 44.6 Å². The van der Waals surface area contributed by atoms with Crippen LogP contribution in [0.1, 0.15) is 100 Å². The predicted molar refractivity (Wildman–Crippen MR) is 267 cm³/mol. The molecule has 11 N–H and O–H groups in total. The molecule has 1 aromatic rings. The number of carbonyl (C=O) groups excluding carboxylic acids is 5. The number of rotatable bonds is 19. The molecule has 1 aromatic carbocycles. The number of amides is 5. The zero-order chi connectivity index (χ0) is 56.2. The summed E-state index contributed by atoms with van der Waals surface area (Å²) in [6.07, 6.45) is -11.2. The molecular weight excluding hydrogens is 989 g/mol. The molecule has 0 aromatic heterocycles. The minimum atomic E-state index is -1.88. The van der Waals surface area contributed by atoms with Gasteiger partial charge < -0.3 is 90.8 Å². The molecule has 1 unspecified atom stereocenters. The van der Waals surface area contributed by atoms with Gasteiger partial charge in [0.2, 0.25) is 5.91 Å². The number of ether oxygens (including phenoxy) is 7. The van der Waals surface area contributed by atoms with Gasteiger partial charge in [-0.15, -0.1) is 0 Å². The fraction of sp³-hybridized carbons (Fsp3) is 0.735. The molecule has 12 atom stereocenters. The number of hydrogen-bond acceptors (Lipinski definition) is 20. The highest BCUT2D eigenvalue weighted by molar-refractivity contribution is 5.81. The summed E-state index contributed by atoms with van der Waals surface area (Å²) in [4.78, 5) is 77.9. The molecule has 26 nitrogen and oxygen atoms in total. The van der Waals surface area contributed by atoms with Crippen molar-refractivity contribution in [3.63, 3.8) is 0 Å². The number of aliphatic hydroxyl groups is 4. The van der Waals surface area contributed by atoms with Gasteiger partial charge in [0.25, 0.3) is 5.69 Å². The molecule has 424 valence electrons. The standard InChI is InChI=1S/C49H80N8O18/c1-46(2,3)73-43(63)52-22-19-33(58)40(61)54-32-23-31(55-44(64)74-47(4,5)6)34(35(59)38(32)72-41-36(60)39(49(10,66)26-70-41)56(11)45(65)75-48(7,8)9)37-30(51-21-12-20-50)18-17-29(71-37)24-53-42(62)69-25-27-13-15-28(16-14-27)57(67)68/h13-17,30-39,41,51,58-60,66H,12,18-26,50H2,1-11H3,(H,52,63)(H,53,62)(H,54,61)(H,55,64)/t30-,31+,32-,33+,34-,35+,36-,37?,38+,39-,41-,49+/m1/s1. The minimum absolute atomic E-state index is 0.133. The van der Waals surface area contributed by atoms with Crippen molar-refractivity contribution in [2.75, 3.05) is 39.8 Å². The van der Waals surface area contributed by atoms with E-state index >= 15 is 0 Å². The maximum Gasteiger partial charge on any atom is 0.410 e. The summed E-state index contributed by atoms with van der Waals surface area (Å²) < 4.78 is 40.8. The van der Waals surface area contributed by atoms with E-state index in [4.69, 9.17) is 38.9 Å². The van der Waals surface area contributed by atoms with Crippen LogP contribution in [-0.4, -0.2) is 184 Å². The summed E-state index contributed by atoms with van der Waals surface area (Å²) in [5.41, 5.74) is 1.56. The lowest BCUT2D eigenvalue weighted by Gasteiger charge is -2.52. The lowest BCUT2D eigenvalue weighted by molar-refractivity contribution is -0.384. The Morgan fingerprint density at radius 3 is 2.11 bits per heavy atom. The van der Waals surface area contributed by atoms with Gasteiger partial charge in [-0.1, -0.05) is 0 Å². The summed E-state index contributed by atoms with van der Waals surface area (Å²) in [5, 5.41) is 72.7. The quantitative estimate of drug-likeness (QED) is 0.0409. The van der Waals surface area contributed by atoms with Gasteiger partial charge in [0.15, 0.2) is 6.29 Å². The number of nitrogens with zero attached hydrogens (tertiary/aromatic N) is 2. The Morgan fingerprint density at radius 1 is 0.880 bits per heavy atom. The Hall–Kier alpha value is -5.61. The smallest absolute Gasteiger partial charge is 0.410 e. The normalized spacial score (nSPS) is 27.5. The van der Waals surface area contributed by atoms with E-state index in [1.807, 2.05) is 0 Å². The molecule has 4 rings (SSSR count). The van der Waals surface area contributed by atoms with Crippen LogP contribution in [0, 0.1) is 16.0 Å². The molecule has 1 saturated heterocycles. The third-order valence-electron chi connectivity index (χ3n) is 12.1. The maximum atomic E-state index is 13.9. The summed E-state index contributed by atoms with van der Waals surface area (Å²) in [7, 11) is 1.32. The molecule has 2 heterocycles. The number of non-ortho nitro benzene ring substituents is 1. The summed E-state index contributed by atoms with van der Waals surface area (Å²) in [5.74, 6) is -1.93. The molecular formula is C49H80N8O18. The van der Waals surface area contributed by atoms with Crippen molar-refractivity contribution in [3.8, 4) is 0 Å². The lowest BCUT2D eigenvalue weighted by atomic mass is 9.72. The molecule has 0 radical (unpaired) electrons. The SMILES string of the molecule is CN(C(=O)OC(C)(C)C)[C@@H]1[C@@H](O)[C@@H](O[C@@H]2[C@@H](O)[C@H](C3OC(CNC(=O)OCc4ccc([N+](=O)[O-])cc4)=CC[C@H]3NCCCN)[C@@H](NC(=O)OC(C)(C)C)C[C@H]2NC(=O)[C@@H](O)CCNC(=O)OC(C)(C)C)OC[C@]1(C)O. The lowest BCUT2D eigenvalue weighted by Crippen LogP contribution is -2.71. The van der Waals surface area contributed by atoms with E-state index in [9.17, 15) is 54.5 Å². The Labute approximate surface area is 437 Å². The van der Waals surface area contributed by atoms with Gasteiger partial charge in [-0.25, -0.2) is 19.2 Å². The first-order valence-electron chi connectivity index (χ1n) is 25.0. The van der Waals surface area contributed by atoms with E-state index in [2.05, 4.69) is 26.6 Å². The van der Waals surface area contributed by atoms with Crippen molar-refractivity contribution in [2.45, 2.75) is 185 Å². The van der Waals surface area contributed by atoms with Crippen molar-refractivity contribution >= 4 is 36.0 Å². The van der Waals surface area contributed by atoms with E-state index in [0.717, 1.165) is 4.90 Å². The van der Waals surface area contributed by atoms with Gasteiger partial charge in [-0.3, -0.25) is 14.9 Å². The summed E-state index contributed by atoms with van der Waals surface area (Å²) in [6, 6.07) is 0.986. The molecule has 2 fully saturated rings. The highest BCUT2D eigenvalue weighted by Crippen LogP contribution is 2.39. The number of nitrogens with one attached hydrogen (secondary N) is 5. The molecule has 3 aliphatic rings. The average Bonchev–Trinajstić information content (AvgIpc) is 3.28. The summed E-state index contributed by atoms with van der Waals surface area (Å²) in [6.45, 7) is 15.8. The van der Waals surface area contributed by atoms with Crippen molar-refractivity contribution in [1.82, 2.24) is 31.5 Å². The van der Waals surface area contributed by atoms with Crippen molar-refractivity contribution in [3.05, 3.63) is 51.8 Å². The van der Waals surface area contributed by atoms with Crippen LogP contribution < -0.4 is 32.3 Å². The molecule has 2 aliphatic heterocycles. The molecule has 26 heteroatoms. The van der Waals surface area contributed by atoms with Crippen molar-refractivity contribution < 1.29 is 82.5 Å². The van der Waals surface area contributed by atoms with Crippen LogP contribution in [0.15, 0.2) is 36.1 Å². The fourth-order valence-electron chi connectivity index (χ4n) is 8.79. The maximum absolute atomic E-state index is 13.9. The fourth-order valence-corrected chi connectivity index (χ4v) is 8.79. The largest absolute Gasteiger partial charge is 0.491 e. The number of carbonyl (C=O) groups is 5. The molecule has 1 saturated carbocycles. The highest BCUT2D eigenvalue weighted by atomic mass is 16.7. The zero-order valence-electron chi connectivity index (χ0n) is 44.8. The van der Waals surface area contributed by atoms with E-state index < -0.39 is 131 Å². The van der Waals surface area contributed by atoms with Gasteiger partial charge in [0, 0.05) is 43.7 Å². The Kier molecular flexibility index (Phi) is 21.8. The number of alkyl carbamates (subject to hydrolysis) is 3. The van der Waals surface area contributed by atoms with Crippen LogP contribution in [0.3, 0.4) is 0 Å². The first kappa shape index (κ1) is 61.9. The number of nitro groups is 1. The first-order chi connectivity index (χ1) is 34.8. The number of likely N-dealkylation sites (N-methyl/N-ethyl adjacent to an activating group) is 1. The third kappa shape index (κ3) is 19.2. The van der Waals surface area contributed by atoms with E-state index in [1.165, 1.54) is 38.2 Å². The van der Waals surface area contributed by atoms with E-state index in [1.54, 1.807) is 68.4 Å². The number of hydrogen-bond donors (Lipinski definition) is 10.